The Bertz CT molecular complexity index is 1000. The molecule has 0 spiro atoms. The molecule has 128 valence electrons. The topological polar surface area (TPSA) is 50.2 Å². The monoisotopic (exact) mass is 365 g/mol. The molecule has 3 rings (SSSR count). The van der Waals surface area contributed by atoms with E-state index < -0.39 is 17.7 Å². The normalized spacial score (nSPS) is 11.7. The number of benzene rings is 2. The minimum Gasteiger partial charge on any atom is -0.478 e. The second-order valence-electron chi connectivity index (χ2n) is 5.51. The van der Waals surface area contributed by atoms with Crippen molar-refractivity contribution in [3.63, 3.8) is 0 Å². The summed E-state index contributed by atoms with van der Waals surface area (Å²) in [7, 11) is 0. The summed E-state index contributed by atoms with van der Waals surface area (Å²) in [6, 6.07) is 8.98. The number of alkyl halides is 3. The van der Waals surface area contributed by atoms with E-state index in [1.54, 1.807) is 13.0 Å². The number of nitrogens with zero attached hydrogens (tertiary/aromatic N) is 1. The van der Waals surface area contributed by atoms with Crippen LogP contribution in [-0.2, 0) is 6.18 Å². The lowest BCUT2D eigenvalue weighted by molar-refractivity contribution is -0.137. The number of pyridine rings is 1. The average molecular weight is 366 g/mol. The van der Waals surface area contributed by atoms with E-state index in [0.717, 1.165) is 12.1 Å². The molecule has 25 heavy (non-hydrogen) atoms. The van der Waals surface area contributed by atoms with Crippen LogP contribution < -0.4 is 0 Å². The van der Waals surface area contributed by atoms with Crippen molar-refractivity contribution in [2.24, 2.45) is 0 Å². The van der Waals surface area contributed by atoms with E-state index in [1.807, 2.05) is 0 Å². The van der Waals surface area contributed by atoms with E-state index in [4.69, 9.17) is 11.6 Å². The third-order valence-electron chi connectivity index (χ3n) is 3.88. The summed E-state index contributed by atoms with van der Waals surface area (Å²) < 4.78 is 38.8. The summed E-state index contributed by atoms with van der Waals surface area (Å²) in [5.74, 6) is -1.19. The Morgan fingerprint density at radius 1 is 1.16 bits per heavy atom. The predicted octanol–water partition coefficient (Wildman–Crippen LogP) is 5.58. The van der Waals surface area contributed by atoms with Crippen LogP contribution in [0.2, 0.25) is 5.02 Å². The van der Waals surface area contributed by atoms with Gasteiger partial charge in [-0.15, -0.1) is 0 Å². The van der Waals surface area contributed by atoms with E-state index in [9.17, 15) is 23.1 Å². The zero-order valence-electron chi connectivity index (χ0n) is 12.9. The van der Waals surface area contributed by atoms with Crippen molar-refractivity contribution < 1.29 is 23.1 Å². The zero-order chi connectivity index (χ0) is 18.4. The number of hydrogen-bond donors (Lipinski definition) is 1. The van der Waals surface area contributed by atoms with Gasteiger partial charge in [-0.3, -0.25) is 0 Å². The molecule has 1 aromatic heterocycles. The number of aromatic nitrogens is 1. The van der Waals surface area contributed by atoms with Crippen molar-refractivity contribution in [3.05, 3.63) is 64.2 Å². The Labute approximate surface area is 145 Å². The van der Waals surface area contributed by atoms with Crippen molar-refractivity contribution >= 4 is 28.5 Å². The molecule has 0 atom stereocenters. The number of carboxylic acid groups (broad SMARTS) is 1. The zero-order valence-corrected chi connectivity index (χ0v) is 13.6. The number of carbonyl (C=O) groups is 1. The van der Waals surface area contributed by atoms with Crippen LogP contribution in [0.3, 0.4) is 0 Å². The summed E-state index contributed by atoms with van der Waals surface area (Å²) in [5.41, 5.74) is 0.360. The SMILES string of the molecule is Cc1c(Cl)ccc2c(C(=O)O)cc(-c3cccc(C(F)(F)F)c3)nc12. The summed E-state index contributed by atoms with van der Waals surface area (Å²) in [5, 5.41) is 10.2. The predicted molar refractivity (Wildman–Crippen MR) is 88.9 cm³/mol. The van der Waals surface area contributed by atoms with Gasteiger partial charge in [-0.25, -0.2) is 9.78 Å². The molecule has 0 saturated carbocycles. The van der Waals surface area contributed by atoms with Gasteiger partial charge in [-0.2, -0.15) is 13.2 Å². The van der Waals surface area contributed by atoms with Crippen molar-refractivity contribution in [3.8, 4) is 11.3 Å². The summed E-state index contributed by atoms with van der Waals surface area (Å²) in [6.45, 7) is 1.68. The number of carboxylic acids is 1. The maximum atomic E-state index is 12.9. The first-order valence-corrected chi connectivity index (χ1v) is 7.57. The number of hydrogen-bond acceptors (Lipinski definition) is 2. The van der Waals surface area contributed by atoms with Gasteiger partial charge in [0.15, 0.2) is 0 Å². The third-order valence-corrected chi connectivity index (χ3v) is 4.29. The molecule has 1 N–H and O–H groups in total. The van der Waals surface area contributed by atoms with Gasteiger partial charge >= 0.3 is 12.1 Å². The van der Waals surface area contributed by atoms with Crippen molar-refractivity contribution in [2.75, 3.05) is 0 Å². The van der Waals surface area contributed by atoms with Gasteiger partial charge < -0.3 is 5.11 Å². The Balaban J connectivity index is 2.31. The van der Waals surface area contributed by atoms with Crippen LogP contribution in [0.25, 0.3) is 22.2 Å². The minimum absolute atomic E-state index is 0.0443. The molecule has 0 aliphatic rings. The van der Waals surface area contributed by atoms with Crippen LogP contribution in [0.5, 0.6) is 0 Å². The van der Waals surface area contributed by atoms with E-state index in [-0.39, 0.29) is 16.8 Å². The lowest BCUT2D eigenvalue weighted by Gasteiger charge is -2.12. The first-order valence-electron chi connectivity index (χ1n) is 7.19. The number of fused-ring (bicyclic) bond motifs is 1. The quantitative estimate of drug-likeness (QED) is 0.645. The van der Waals surface area contributed by atoms with Crippen LogP contribution in [0, 0.1) is 6.92 Å². The Kier molecular flexibility index (Phi) is 4.16. The lowest BCUT2D eigenvalue weighted by atomic mass is 10.0. The summed E-state index contributed by atoms with van der Waals surface area (Å²) in [6.07, 6.45) is -4.50. The molecule has 2 aromatic carbocycles. The van der Waals surface area contributed by atoms with Crippen LogP contribution in [-0.4, -0.2) is 16.1 Å². The molecule has 0 unspecified atom stereocenters. The van der Waals surface area contributed by atoms with Gasteiger partial charge in [0.1, 0.15) is 0 Å². The van der Waals surface area contributed by atoms with E-state index >= 15 is 0 Å². The molecule has 0 bridgehead atoms. The highest BCUT2D eigenvalue weighted by atomic mass is 35.5. The Hall–Kier alpha value is -2.60. The molecule has 0 saturated heterocycles. The molecule has 0 amide bonds. The molecule has 7 heteroatoms. The standard InChI is InChI=1S/C18H11ClF3NO2/c1-9-14(19)6-5-12-13(17(24)25)8-15(23-16(9)12)10-3-2-4-11(7-10)18(20,21)22/h2-8H,1H3,(H,24,25). The maximum Gasteiger partial charge on any atom is 0.416 e. The van der Waals surface area contributed by atoms with Gasteiger partial charge in [0, 0.05) is 16.0 Å². The molecule has 1 heterocycles. The van der Waals surface area contributed by atoms with E-state index in [2.05, 4.69) is 4.98 Å². The highest BCUT2D eigenvalue weighted by molar-refractivity contribution is 6.32. The van der Waals surface area contributed by atoms with Crippen LogP contribution >= 0.6 is 11.6 Å². The van der Waals surface area contributed by atoms with Gasteiger partial charge in [0.25, 0.3) is 0 Å². The molecular formula is C18H11ClF3NO2. The second kappa shape index (κ2) is 6.04. The van der Waals surface area contributed by atoms with Crippen LogP contribution in [0.15, 0.2) is 42.5 Å². The third kappa shape index (κ3) is 3.17. The van der Waals surface area contributed by atoms with E-state index in [0.29, 0.717) is 21.5 Å². The van der Waals surface area contributed by atoms with Crippen LogP contribution in [0.1, 0.15) is 21.5 Å². The molecule has 0 radical (unpaired) electrons. The smallest absolute Gasteiger partial charge is 0.416 e. The molecule has 3 nitrogen and oxygen atoms in total. The lowest BCUT2D eigenvalue weighted by Crippen LogP contribution is -2.05. The maximum absolute atomic E-state index is 12.9. The fourth-order valence-corrected chi connectivity index (χ4v) is 2.74. The summed E-state index contributed by atoms with van der Waals surface area (Å²) in [4.78, 5) is 15.9. The van der Waals surface area contributed by atoms with Gasteiger partial charge in [0.05, 0.1) is 22.3 Å². The molecule has 0 aliphatic heterocycles. The number of halogens is 4. The second-order valence-corrected chi connectivity index (χ2v) is 5.91. The number of aromatic carboxylic acids is 1. The molecular weight excluding hydrogens is 355 g/mol. The summed E-state index contributed by atoms with van der Waals surface area (Å²) >= 11 is 6.07. The van der Waals surface area contributed by atoms with Gasteiger partial charge in [-0.1, -0.05) is 29.8 Å². The molecule has 0 aliphatic carbocycles. The highest BCUT2D eigenvalue weighted by Crippen LogP contribution is 2.34. The fraction of sp³-hybridized carbons (Fsp3) is 0.111. The van der Waals surface area contributed by atoms with Crippen molar-refractivity contribution in [1.29, 1.82) is 0 Å². The Morgan fingerprint density at radius 2 is 1.88 bits per heavy atom. The van der Waals surface area contributed by atoms with Gasteiger partial charge in [0.2, 0.25) is 0 Å². The largest absolute Gasteiger partial charge is 0.478 e. The number of rotatable bonds is 2. The molecule has 0 fully saturated rings. The number of aryl methyl sites for hydroxylation is 1. The highest BCUT2D eigenvalue weighted by Gasteiger charge is 2.30. The van der Waals surface area contributed by atoms with Gasteiger partial charge in [-0.05, 0) is 36.8 Å². The molecule has 3 aromatic rings. The average Bonchev–Trinajstić information content (AvgIpc) is 2.56. The van der Waals surface area contributed by atoms with E-state index in [1.165, 1.54) is 24.3 Å². The first kappa shape index (κ1) is 17.2. The Morgan fingerprint density at radius 3 is 2.52 bits per heavy atom. The minimum atomic E-state index is -4.50. The van der Waals surface area contributed by atoms with Crippen molar-refractivity contribution in [1.82, 2.24) is 4.98 Å². The van der Waals surface area contributed by atoms with Crippen molar-refractivity contribution in [2.45, 2.75) is 13.1 Å². The first-order chi connectivity index (χ1) is 11.7. The van der Waals surface area contributed by atoms with Crippen LogP contribution in [0.4, 0.5) is 13.2 Å². The fourth-order valence-electron chi connectivity index (χ4n) is 2.58.